The number of anilines is 1. The topological polar surface area (TPSA) is 72.9 Å². The quantitative estimate of drug-likeness (QED) is 0.813. The van der Waals surface area contributed by atoms with E-state index in [0.717, 1.165) is 11.3 Å². The van der Waals surface area contributed by atoms with Crippen molar-refractivity contribution in [2.45, 2.75) is 6.54 Å². The molecular formula is C13H17N3O3. The Morgan fingerprint density at radius 3 is 2.89 bits per heavy atom. The molecule has 102 valence electrons. The summed E-state index contributed by atoms with van der Waals surface area (Å²) in [5, 5.41) is 11.2. The Labute approximate surface area is 111 Å². The summed E-state index contributed by atoms with van der Waals surface area (Å²) in [4.78, 5) is 26.8. The molecule has 6 heteroatoms. The zero-order chi connectivity index (χ0) is 13.8. The summed E-state index contributed by atoms with van der Waals surface area (Å²) in [7, 11) is 1.71. The van der Waals surface area contributed by atoms with Crippen LogP contribution in [0.3, 0.4) is 0 Å². The number of amides is 3. The van der Waals surface area contributed by atoms with E-state index in [0.29, 0.717) is 6.54 Å². The molecule has 1 heterocycles. The maximum atomic E-state index is 12.1. The van der Waals surface area contributed by atoms with Crippen LogP contribution >= 0.6 is 0 Å². The van der Waals surface area contributed by atoms with Crippen molar-refractivity contribution in [3.63, 3.8) is 0 Å². The minimum Gasteiger partial charge on any atom is -0.395 e. The van der Waals surface area contributed by atoms with Gasteiger partial charge in [-0.3, -0.25) is 9.69 Å². The largest absolute Gasteiger partial charge is 0.395 e. The highest BCUT2D eigenvalue weighted by Crippen LogP contribution is 2.27. The molecule has 3 amide bonds. The number of hydrogen-bond acceptors (Lipinski definition) is 3. The predicted molar refractivity (Wildman–Crippen MR) is 70.7 cm³/mol. The maximum Gasteiger partial charge on any atom is 0.325 e. The zero-order valence-electron chi connectivity index (χ0n) is 10.8. The predicted octanol–water partition coefficient (Wildman–Crippen LogP) is 0.167. The van der Waals surface area contributed by atoms with E-state index >= 15 is 0 Å². The first-order valence-electron chi connectivity index (χ1n) is 6.11. The molecule has 0 fully saturated rings. The fourth-order valence-electron chi connectivity index (χ4n) is 2.09. The zero-order valence-corrected chi connectivity index (χ0v) is 10.8. The number of para-hydroxylation sites is 1. The summed E-state index contributed by atoms with van der Waals surface area (Å²) >= 11 is 0. The summed E-state index contributed by atoms with van der Waals surface area (Å²) in [5.41, 5.74) is 1.78. The molecule has 0 unspecified atom stereocenters. The molecule has 0 aromatic heterocycles. The van der Waals surface area contributed by atoms with Gasteiger partial charge in [-0.2, -0.15) is 0 Å². The number of urea groups is 1. The molecule has 0 radical (unpaired) electrons. The van der Waals surface area contributed by atoms with Gasteiger partial charge in [-0.15, -0.1) is 0 Å². The second-order valence-electron chi connectivity index (χ2n) is 4.43. The van der Waals surface area contributed by atoms with Gasteiger partial charge in [0.1, 0.15) is 6.54 Å². The number of benzene rings is 1. The lowest BCUT2D eigenvalue weighted by Crippen LogP contribution is -2.49. The van der Waals surface area contributed by atoms with Crippen LogP contribution in [0.2, 0.25) is 0 Å². The highest BCUT2D eigenvalue weighted by Gasteiger charge is 2.28. The monoisotopic (exact) mass is 263 g/mol. The molecule has 1 aliphatic heterocycles. The SMILES string of the molecule is CN1Cc2ccccc2N(CC(=O)NCCO)C1=O. The fourth-order valence-corrected chi connectivity index (χ4v) is 2.09. The Bertz CT molecular complexity index is 490. The average Bonchev–Trinajstić information content (AvgIpc) is 2.41. The van der Waals surface area contributed by atoms with Crippen LogP contribution in [-0.4, -0.2) is 48.7 Å². The van der Waals surface area contributed by atoms with Gasteiger partial charge < -0.3 is 15.3 Å². The average molecular weight is 263 g/mol. The third-order valence-electron chi connectivity index (χ3n) is 2.98. The number of fused-ring (bicyclic) bond motifs is 1. The van der Waals surface area contributed by atoms with E-state index in [2.05, 4.69) is 5.32 Å². The Morgan fingerprint density at radius 1 is 1.42 bits per heavy atom. The number of hydrogen-bond donors (Lipinski definition) is 2. The molecule has 2 N–H and O–H groups in total. The van der Waals surface area contributed by atoms with Gasteiger partial charge in [-0.25, -0.2) is 4.79 Å². The first-order chi connectivity index (χ1) is 9.13. The van der Waals surface area contributed by atoms with Crippen molar-refractivity contribution in [2.24, 2.45) is 0 Å². The van der Waals surface area contributed by atoms with Crippen LogP contribution in [-0.2, 0) is 11.3 Å². The van der Waals surface area contributed by atoms with Crippen molar-refractivity contribution in [1.82, 2.24) is 10.2 Å². The molecule has 0 aliphatic carbocycles. The fraction of sp³-hybridized carbons (Fsp3) is 0.385. The first-order valence-corrected chi connectivity index (χ1v) is 6.11. The first kappa shape index (κ1) is 13.4. The molecule has 1 aromatic carbocycles. The number of nitrogens with one attached hydrogen (secondary N) is 1. The molecule has 0 atom stereocenters. The lowest BCUT2D eigenvalue weighted by atomic mass is 10.1. The van der Waals surface area contributed by atoms with Crippen molar-refractivity contribution < 1.29 is 14.7 Å². The van der Waals surface area contributed by atoms with E-state index in [1.54, 1.807) is 11.9 Å². The second kappa shape index (κ2) is 5.71. The lowest BCUT2D eigenvalue weighted by Gasteiger charge is -2.34. The number of carbonyl (C=O) groups excluding carboxylic acids is 2. The molecule has 19 heavy (non-hydrogen) atoms. The van der Waals surface area contributed by atoms with Crippen molar-refractivity contribution >= 4 is 17.6 Å². The normalized spacial score (nSPS) is 14.3. The van der Waals surface area contributed by atoms with E-state index in [9.17, 15) is 9.59 Å². The van der Waals surface area contributed by atoms with Gasteiger partial charge in [0, 0.05) is 20.1 Å². The van der Waals surface area contributed by atoms with Gasteiger partial charge >= 0.3 is 6.03 Å². The third-order valence-corrected chi connectivity index (χ3v) is 2.98. The summed E-state index contributed by atoms with van der Waals surface area (Å²) in [5.74, 6) is -0.285. The van der Waals surface area contributed by atoms with Crippen molar-refractivity contribution in [1.29, 1.82) is 0 Å². The number of aliphatic hydroxyl groups excluding tert-OH is 1. The summed E-state index contributed by atoms with van der Waals surface area (Å²) in [6.07, 6.45) is 0. The van der Waals surface area contributed by atoms with Gasteiger partial charge in [0.2, 0.25) is 5.91 Å². The Balaban J connectivity index is 2.18. The van der Waals surface area contributed by atoms with E-state index in [4.69, 9.17) is 5.11 Å². The van der Waals surface area contributed by atoms with Gasteiger partial charge in [0.15, 0.2) is 0 Å². The molecule has 0 saturated heterocycles. The van der Waals surface area contributed by atoms with E-state index < -0.39 is 0 Å². The number of carbonyl (C=O) groups is 2. The maximum absolute atomic E-state index is 12.1. The minimum atomic E-state index is -0.285. The van der Waals surface area contributed by atoms with Gasteiger partial charge in [0.25, 0.3) is 0 Å². The van der Waals surface area contributed by atoms with Crippen molar-refractivity contribution in [2.75, 3.05) is 31.6 Å². The molecular weight excluding hydrogens is 246 g/mol. The lowest BCUT2D eigenvalue weighted by molar-refractivity contribution is -0.119. The van der Waals surface area contributed by atoms with Crippen molar-refractivity contribution in [3.05, 3.63) is 29.8 Å². The number of aliphatic hydroxyl groups is 1. The highest BCUT2D eigenvalue weighted by atomic mass is 16.3. The van der Waals surface area contributed by atoms with Gasteiger partial charge in [-0.1, -0.05) is 18.2 Å². The number of rotatable bonds is 4. The smallest absolute Gasteiger partial charge is 0.325 e. The second-order valence-corrected chi connectivity index (χ2v) is 4.43. The summed E-state index contributed by atoms with van der Waals surface area (Å²) < 4.78 is 0. The molecule has 0 saturated carbocycles. The molecule has 2 rings (SSSR count). The van der Waals surface area contributed by atoms with E-state index in [1.807, 2.05) is 24.3 Å². The molecule has 1 aliphatic rings. The van der Waals surface area contributed by atoms with Crippen LogP contribution < -0.4 is 10.2 Å². The Morgan fingerprint density at radius 2 is 2.16 bits per heavy atom. The van der Waals surface area contributed by atoms with Crippen LogP contribution in [0.25, 0.3) is 0 Å². The molecule has 6 nitrogen and oxygen atoms in total. The van der Waals surface area contributed by atoms with Gasteiger partial charge in [0.05, 0.1) is 12.3 Å². The number of nitrogens with zero attached hydrogens (tertiary/aromatic N) is 2. The molecule has 0 bridgehead atoms. The minimum absolute atomic E-state index is 0.0415. The van der Waals surface area contributed by atoms with Crippen molar-refractivity contribution in [3.8, 4) is 0 Å². The van der Waals surface area contributed by atoms with Crippen LogP contribution in [0, 0.1) is 0 Å². The standard InChI is InChI=1S/C13H17N3O3/c1-15-8-10-4-2-3-5-11(10)16(13(15)19)9-12(18)14-6-7-17/h2-5,17H,6-9H2,1H3,(H,14,18). The molecule has 0 spiro atoms. The van der Waals surface area contributed by atoms with Gasteiger partial charge in [-0.05, 0) is 11.6 Å². The highest BCUT2D eigenvalue weighted by molar-refractivity contribution is 5.99. The van der Waals surface area contributed by atoms with Crippen LogP contribution in [0.4, 0.5) is 10.5 Å². The van der Waals surface area contributed by atoms with E-state index in [-0.39, 0.29) is 31.6 Å². The summed E-state index contributed by atoms with van der Waals surface area (Å²) in [6.45, 7) is 0.582. The van der Waals surface area contributed by atoms with Crippen LogP contribution in [0.5, 0.6) is 0 Å². The molecule has 1 aromatic rings. The van der Waals surface area contributed by atoms with Crippen LogP contribution in [0.1, 0.15) is 5.56 Å². The Hall–Kier alpha value is -2.08. The van der Waals surface area contributed by atoms with Crippen LogP contribution in [0.15, 0.2) is 24.3 Å². The summed E-state index contributed by atoms with van der Waals surface area (Å²) in [6, 6.07) is 7.33. The van der Waals surface area contributed by atoms with E-state index in [1.165, 1.54) is 4.90 Å². The Kier molecular flexibility index (Phi) is 4.01. The third kappa shape index (κ3) is 2.85.